The molecule has 3 aromatic rings. The molecule has 6 nitrogen and oxygen atoms in total. The molecule has 0 fully saturated rings. The molecule has 2 aromatic heterocycles. The number of carbonyl (C=O) groups is 1. The minimum Gasteiger partial charge on any atom is -0.434 e. The summed E-state index contributed by atoms with van der Waals surface area (Å²) in [6.07, 6.45) is 2.93. The van der Waals surface area contributed by atoms with Gasteiger partial charge < -0.3 is 9.57 Å². The van der Waals surface area contributed by atoms with Crippen molar-refractivity contribution in [2.45, 2.75) is 20.5 Å². The van der Waals surface area contributed by atoms with Crippen LogP contribution in [0.2, 0.25) is 0 Å². The number of halogens is 2. The van der Waals surface area contributed by atoms with Crippen LogP contribution in [0.5, 0.6) is 5.75 Å². The highest BCUT2D eigenvalue weighted by Crippen LogP contribution is 2.23. The van der Waals surface area contributed by atoms with Gasteiger partial charge in [0.15, 0.2) is 11.7 Å². The Morgan fingerprint density at radius 2 is 2.14 bits per heavy atom. The van der Waals surface area contributed by atoms with Gasteiger partial charge in [-0.2, -0.15) is 8.78 Å². The third-order valence-electron chi connectivity index (χ3n) is 3.94. The molecule has 0 aliphatic heterocycles. The Morgan fingerprint density at radius 3 is 2.86 bits per heavy atom. The van der Waals surface area contributed by atoms with Crippen molar-refractivity contribution in [3.8, 4) is 10.9 Å². The van der Waals surface area contributed by atoms with Crippen molar-refractivity contribution >= 4 is 23.3 Å². The van der Waals surface area contributed by atoms with Crippen LogP contribution >= 0.6 is 11.3 Å². The van der Waals surface area contributed by atoms with E-state index in [0.29, 0.717) is 11.1 Å². The van der Waals surface area contributed by atoms with E-state index in [1.165, 1.54) is 23.6 Å². The fourth-order valence-electron chi connectivity index (χ4n) is 2.72. The van der Waals surface area contributed by atoms with Crippen LogP contribution in [-0.4, -0.2) is 34.8 Å². The molecule has 0 aliphatic rings. The molecular weight excluding hydrogens is 388 g/mol. The first-order valence-corrected chi connectivity index (χ1v) is 9.16. The van der Waals surface area contributed by atoms with Crippen LogP contribution in [0.3, 0.4) is 0 Å². The summed E-state index contributed by atoms with van der Waals surface area (Å²) >= 11 is 1.47. The number of hydrogen-bond donors (Lipinski definition) is 0. The van der Waals surface area contributed by atoms with E-state index < -0.39 is 6.61 Å². The van der Waals surface area contributed by atoms with Crippen LogP contribution in [0, 0.1) is 13.8 Å². The Balaban J connectivity index is 1.66. The lowest BCUT2D eigenvalue weighted by molar-refractivity contribution is -0.0499. The van der Waals surface area contributed by atoms with Gasteiger partial charge in [0, 0.05) is 34.1 Å². The summed E-state index contributed by atoms with van der Waals surface area (Å²) < 4.78 is 31.1. The van der Waals surface area contributed by atoms with Gasteiger partial charge in [-0.05, 0) is 32.0 Å². The Bertz CT molecular complexity index is 984. The van der Waals surface area contributed by atoms with Gasteiger partial charge in [0.25, 0.3) is 0 Å². The molecule has 0 spiro atoms. The van der Waals surface area contributed by atoms with E-state index in [4.69, 9.17) is 4.84 Å². The molecule has 0 radical (unpaired) electrons. The van der Waals surface area contributed by atoms with Crippen molar-refractivity contribution in [2.24, 2.45) is 5.16 Å². The number of benzene rings is 1. The first kappa shape index (κ1) is 19.7. The van der Waals surface area contributed by atoms with E-state index in [0.717, 1.165) is 16.5 Å². The topological polar surface area (TPSA) is 65.7 Å². The number of hydrogen-bond acceptors (Lipinski definition) is 6. The first-order chi connectivity index (χ1) is 13.5. The van der Waals surface area contributed by atoms with Gasteiger partial charge in [0.2, 0.25) is 5.78 Å². The quantitative estimate of drug-likeness (QED) is 0.317. The molecule has 9 heteroatoms. The molecule has 3 rings (SSSR count). The minimum atomic E-state index is -2.94. The number of alkyl halides is 2. The molecule has 146 valence electrons. The van der Waals surface area contributed by atoms with E-state index in [-0.39, 0.29) is 18.1 Å². The molecule has 0 amide bonds. The number of ketones is 1. The van der Waals surface area contributed by atoms with Crippen LogP contribution in [0.25, 0.3) is 5.13 Å². The van der Waals surface area contributed by atoms with Crippen LogP contribution in [-0.2, 0) is 4.84 Å². The number of oxime groups is 1. The number of Topliss-reactive ketones (excluding diaryl/α,β-unsaturated/α-hetero) is 1. The smallest absolute Gasteiger partial charge is 0.387 e. The lowest BCUT2D eigenvalue weighted by Gasteiger charge is -2.07. The number of carbonyl (C=O) groups excluding carboxylic acids is 1. The van der Waals surface area contributed by atoms with Gasteiger partial charge in [-0.25, -0.2) is 4.98 Å². The highest BCUT2D eigenvalue weighted by Gasteiger charge is 2.18. The van der Waals surface area contributed by atoms with Crippen LogP contribution in [0.1, 0.15) is 27.3 Å². The Morgan fingerprint density at radius 1 is 1.36 bits per heavy atom. The van der Waals surface area contributed by atoms with E-state index >= 15 is 0 Å². The Hall–Kier alpha value is -3.07. The molecule has 0 bridgehead atoms. The van der Waals surface area contributed by atoms with Crippen molar-refractivity contribution in [1.29, 1.82) is 0 Å². The second-order valence-electron chi connectivity index (χ2n) is 5.78. The van der Waals surface area contributed by atoms with E-state index in [2.05, 4.69) is 14.9 Å². The second-order valence-corrected chi connectivity index (χ2v) is 6.66. The maximum absolute atomic E-state index is 12.5. The molecule has 2 heterocycles. The fourth-order valence-corrected chi connectivity index (χ4v) is 3.48. The van der Waals surface area contributed by atoms with E-state index in [9.17, 15) is 13.6 Å². The number of aromatic nitrogens is 2. The van der Waals surface area contributed by atoms with E-state index in [1.807, 2.05) is 23.8 Å². The Labute approximate surface area is 164 Å². The van der Waals surface area contributed by atoms with Crippen LogP contribution in [0.4, 0.5) is 8.78 Å². The predicted octanol–water partition coefficient (Wildman–Crippen LogP) is 4.39. The summed E-state index contributed by atoms with van der Waals surface area (Å²) in [4.78, 5) is 21.8. The molecule has 0 aliphatic carbocycles. The van der Waals surface area contributed by atoms with Crippen molar-refractivity contribution in [2.75, 3.05) is 6.61 Å². The van der Waals surface area contributed by atoms with Crippen molar-refractivity contribution in [1.82, 2.24) is 9.55 Å². The predicted molar refractivity (Wildman–Crippen MR) is 102 cm³/mol. The fraction of sp³-hybridized carbons (Fsp3) is 0.211. The zero-order valence-electron chi connectivity index (χ0n) is 15.1. The highest BCUT2D eigenvalue weighted by molar-refractivity contribution is 7.12. The number of rotatable bonds is 8. The third-order valence-corrected chi connectivity index (χ3v) is 4.70. The average Bonchev–Trinajstić information content (AvgIpc) is 3.27. The maximum Gasteiger partial charge on any atom is 0.387 e. The van der Waals surface area contributed by atoms with Gasteiger partial charge in [-0.3, -0.25) is 9.36 Å². The summed E-state index contributed by atoms with van der Waals surface area (Å²) in [7, 11) is 0. The molecule has 0 unspecified atom stereocenters. The summed E-state index contributed by atoms with van der Waals surface area (Å²) in [5.74, 6) is -0.270. The molecule has 0 saturated heterocycles. The van der Waals surface area contributed by atoms with E-state index in [1.54, 1.807) is 30.5 Å². The van der Waals surface area contributed by atoms with Crippen molar-refractivity contribution < 1.29 is 23.1 Å². The average molecular weight is 405 g/mol. The lowest BCUT2D eigenvalue weighted by Crippen LogP contribution is -2.09. The number of aryl methyl sites for hydroxylation is 1. The number of para-hydroxylation sites is 1. The van der Waals surface area contributed by atoms with Gasteiger partial charge in [-0.1, -0.05) is 17.3 Å². The summed E-state index contributed by atoms with van der Waals surface area (Å²) in [5, 5.41) is 6.34. The van der Waals surface area contributed by atoms with Crippen LogP contribution < -0.4 is 4.74 Å². The van der Waals surface area contributed by atoms with Gasteiger partial charge >= 0.3 is 6.61 Å². The third kappa shape index (κ3) is 4.42. The summed E-state index contributed by atoms with van der Waals surface area (Å²) in [6.45, 7) is 0.508. The lowest BCUT2D eigenvalue weighted by atomic mass is 10.2. The monoisotopic (exact) mass is 405 g/mol. The molecule has 0 saturated carbocycles. The molecule has 28 heavy (non-hydrogen) atoms. The Kier molecular flexibility index (Phi) is 6.15. The molecule has 0 atom stereocenters. The first-order valence-electron chi connectivity index (χ1n) is 8.28. The van der Waals surface area contributed by atoms with Crippen molar-refractivity contribution in [3.05, 3.63) is 64.4 Å². The standard InChI is InChI=1S/C19H17F2N3O3S/c1-12-9-15(13(2)24(12)19-22-7-8-28-19)16(25)11-26-23-10-14-5-3-4-6-17(14)27-18(20)21/h3-10,18H,11H2,1-2H3/b23-10+. The van der Waals surface area contributed by atoms with Crippen molar-refractivity contribution in [3.63, 3.8) is 0 Å². The van der Waals surface area contributed by atoms with Gasteiger partial charge in [-0.15, -0.1) is 11.3 Å². The summed E-state index contributed by atoms with van der Waals surface area (Å²) in [6, 6.07) is 7.94. The SMILES string of the molecule is Cc1cc(C(=O)CO/N=C/c2ccccc2OC(F)F)c(C)n1-c1nccs1. The van der Waals surface area contributed by atoms with Crippen LogP contribution in [0.15, 0.2) is 47.1 Å². The van der Waals surface area contributed by atoms with Gasteiger partial charge in [0.1, 0.15) is 5.75 Å². The molecule has 0 N–H and O–H groups in total. The molecular formula is C19H17F2N3O3S. The van der Waals surface area contributed by atoms with Gasteiger partial charge in [0.05, 0.1) is 6.21 Å². The second kappa shape index (κ2) is 8.75. The summed E-state index contributed by atoms with van der Waals surface area (Å²) in [5.41, 5.74) is 2.49. The zero-order chi connectivity index (χ0) is 20.1. The highest BCUT2D eigenvalue weighted by atomic mass is 32.1. The number of nitrogens with zero attached hydrogens (tertiary/aromatic N) is 3. The maximum atomic E-state index is 12.5. The minimum absolute atomic E-state index is 0.0248. The zero-order valence-corrected chi connectivity index (χ0v) is 16.0. The molecule has 1 aromatic carbocycles. The number of thiazole rings is 1. The largest absolute Gasteiger partial charge is 0.434 e. The normalized spacial score (nSPS) is 11.3. The number of ether oxygens (including phenoxy) is 1.